The van der Waals surface area contributed by atoms with E-state index in [4.69, 9.17) is 28.7 Å². The summed E-state index contributed by atoms with van der Waals surface area (Å²) < 4.78 is 0. The maximum Gasteiger partial charge on any atom is 0.246 e. The number of guanidine groups is 1. The van der Waals surface area contributed by atoms with E-state index in [1.807, 2.05) is 61.5 Å². The monoisotopic (exact) mass is 1220 g/mol. The minimum Gasteiger partial charge on any atom is -0.370 e. The van der Waals surface area contributed by atoms with Crippen LogP contribution in [-0.2, 0) is 65.6 Å². The number of nitrogens with zero attached hydrogens (tertiary/aromatic N) is 2. The number of nitrogens with one attached hydrogen (secondary N) is 10. The number of hydrogen-bond acceptors (Lipinski definition) is 14. The van der Waals surface area contributed by atoms with Gasteiger partial charge in [-0.15, -0.1) is 0 Å². The van der Waals surface area contributed by atoms with Crippen molar-refractivity contribution >= 4 is 92.6 Å². The number of fused-ring (bicyclic) bond motifs is 3. The molecule has 1 aromatic heterocycles. The van der Waals surface area contributed by atoms with Crippen molar-refractivity contribution in [1.82, 2.24) is 57.7 Å². The van der Waals surface area contributed by atoms with Crippen LogP contribution in [0.3, 0.4) is 0 Å². The van der Waals surface area contributed by atoms with Crippen molar-refractivity contribution in [2.45, 2.75) is 158 Å². The van der Waals surface area contributed by atoms with Gasteiger partial charge in [-0.1, -0.05) is 80.4 Å². The molecule has 9 atom stereocenters. The van der Waals surface area contributed by atoms with Crippen LogP contribution in [0, 0.1) is 0 Å². The number of carbonyl (C=O) groups excluding carboxylic acids is 11. The number of primary amides is 1. The zero-order chi connectivity index (χ0) is 63.9. The van der Waals surface area contributed by atoms with Gasteiger partial charge in [0.05, 0.1) is 19.0 Å². The summed E-state index contributed by atoms with van der Waals surface area (Å²) in [6.07, 6.45) is 2.88. The fourth-order valence-corrected chi connectivity index (χ4v) is 10.7. The number of para-hydroxylation sites is 1. The third-order valence-electron chi connectivity index (χ3n) is 15.4. The van der Waals surface area contributed by atoms with E-state index < -0.39 is 132 Å². The molecule has 476 valence electrons. The predicted molar refractivity (Wildman–Crippen MR) is 328 cm³/mol. The van der Waals surface area contributed by atoms with E-state index in [1.165, 1.54) is 6.92 Å². The fourth-order valence-electron chi connectivity index (χ4n) is 10.7. The second-order valence-corrected chi connectivity index (χ2v) is 22.3. The van der Waals surface area contributed by atoms with Gasteiger partial charge >= 0.3 is 0 Å². The van der Waals surface area contributed by atoms with Gasteiger partial charge in [-0.3, -0.25) is 57.7 Å². The Balaban J connectivity index is 1.44. The van der Waals surface area contributed by atoms with Crippen molar-refractivity contribution in [3.8, 4) is 0 Å². The molecule has 0 radical (unpaired) electrons. The summed E-state index contributed by atoms with van der Waals surface area (Å²) in [6.45, 7) is 2.38. The maximum absolute atomic E-state index is 15.3. The number of rotatable bonds is 20. The molecule has 2 aliphatic heterocycles. The van der Waals surface area contributed by atoms with Gasteiger partial charge < -0.3 is 86.4 Å². The molecule has 2 fully saturated rings. The lowest BCUT2D eigenvalue weighted by Crippen LogP contribution is -2.60. The summed E-state index contributed by atoms with van der Waals surface area (Å²) in [7, 11) is 0. The lowest BCUT2D eigenvalue weighted by Gasteiger charge is -2.31. The zero-order valence-corrected chi connectivity index (χ0v) is 49.8. The average Bonchev–Trinajstić information content (AvgIpc) is 2.49. The number of aromatic nitrogens is 1. The van der Waals surface area contributed by atoms with Crippen LogP contribution in [0.2, 0.25) is 0 Å². The van der Waals surface area contributed by atoms with Crippen LogP contribution in [0.25, 0.3) is 21.7 Å². The Kier molecular flexibility index (Phi) is 26.0. The van der Waals surface area contributed by atoms with Crippen molar-refractivity contribution < 1.29 is 52.7 Å². The summed E-state index contributed by atoms with van der Waals surface area (Å²) in [4.78, 5) is 163. The van der Waals surface area contributed by atoms with E-state index in [0.717, 1.165) is 26.6 Å². The van der Waals surface area contributed by atoms with Gasteiger partial charge in [-0.2, -0.15) is 0 Å². The summed E-state index contributed by atoms with van der Waals surface area (Å²) in [5.41, 5.74) is 30.9. The molecule has 88 heavy (non-hydrogen) atoms. The third-order valence-corrected chi connectivity index (χ3v) is 15.4. The van der Waals surface area contributed by atoms with Gasteiger partial charge in [-0.05, 0) is 92.3 Å². The molecular weight excluding hydrogens is 1130 g/mol. The molecule has 0 unspecified atom stereocenters. The van der Waals surface area contributed by atoms with Crippen molar-refractivity contribution in [2.75, 3.05) is 32.7 Å². The molecule has 28 heteroatoms. The van der Waals surface area contributed by atoms with Crippen LogP contribution >= 0.6 is 0 Å². The van der Waals surface area contributed by atoms with Crippen molar-refractivity contribution in [3.63, 3.8) is 0 Å². The minimum absolute atomic E-state index is 0.0107. The first-order chi connectivity index (χ1) is 42.1. The summed E-state index contributed by atoms with van der Waals surface area (Å²) in [6, 6.07) is 8.31. The highest BCUT2D eigenvalue weighted by molar-refractivity contribution is 6.00. The number of amides is 11. The Morgan fingerprint density at radius 1 is 0.739 bits per heavy atom. The fraction of sp³-hybridized carbons (Fsp3) is 0.500. The van der Waals surface area contributed by atoms with Crippen molar-refractivity contribution in [1.29, 1.82) is 0 Å². The molecule has 0 saturated carbocycles. The average molecular weight is 1220 g/mol. The Labute approximate surface area is 509 Å². The Hall–Kier alpha value is -9.18. The molecule has 4 aromatic rings. The SMILES string of the molecule is CCCC[C@H](NC(C)=O)C(=O)N[C@H]1CC(=O)NCCCC[C@@H](C(N)=O)NC(=O)CNC(=O)[C@H](Cc2c[nH]c3ccccc23)NC(=O)[C@H](CCCN=C(N)N)NC(=O)[C@@H](Cc2ccc3ccccc3c2)NC(=O)[C@@H]2C[C@H](NC(=O)[C@@H](N)CCCN)CN2C1=O. The molecule has 0 aliphatic carbocycles. The molecule has 11 amide bonds. The van der Waals surface area contributed by atoms with E-state index >= 15 is 14.4 Å². The minimum atomic E-state index is -1.68. The largest absolute Gasteiger partial charge is 0.370 e. The molecule has 3 aromatic carbocycles. The predicted octanol–water partition coefficient (Wildman–Crippen LogP) is -2.28. The topological polar surface area (TPSA) is 458 Å². The van der Waals surface area contributed by atoms with Crippen LogP contribution in [-0.4, -0.2) is 168 Å². The summed E-state index contributed by atoms with van der Waals surface area (Å²) >= 11 is 0. The number of carbonyl (C=O) groups is 11. The highest BCUT2D eigenvalue weighted by Gasteiger charge is 2.45. The highest BCUT2D eigenvalue weighted by Crippen LogP contribution is 2.24. The number of unbranched alkanes of at least 4 members (excludes halogenated alkanes) is 1. The van der Waals surface area contributed by atoms with Crippen LogP contribution in [0.5, 0.6) is 0 Å². The second kappa shape index (κ2) is 33.7. The van der Waals surface area contributed by atoms with E-state index in [2.05, 4.69) is 57.8 Å². The highest BCUT2D eigenvalue weighted by atomic mass is 16.2. The van der Waals surface area contributed by atoms with Crippen LogP contribution in [0.1, 0.15) is 102 Å². The Bertz CT molecular complexity index is 3170. The Morgan fingerprint density at radius 3 is 2.17 bits per heavy atom. The number of aromatic amines is 1. The summed E-state index contributed by atoms with van der Waals surface area (Å²) in [5.74, 6) is -8.91. The number of nitrogens with two attached hydrogens (primary N) is 5. The lowest BCUT2D eigenvalue weighted by atomic mass is 9.99. The number of aliphatic imine (C=N–C) groups is 1. The van der Waals surface area contributed by atoms with Crippen LogP contribution in [0.15, 0.2) is 77.9 Å². The lowest BCUT2D eigenvalue weighted by molar-refractivity contribution is -0.143. The molecule has 0 spiro atoms. The number of benzene rings is 3. The van der Waals surface area contributed by atoms with Gasteiger partial charge in [0.2, 0.25) is 65.0 Å². The molecule has 3 heterocycles. The standard InChI is InChI=1S/C60H85N17O11/c1-3-4-17-44(70-34(2)78)55(84)76-48-30-50(79)66-24-10-9-19-43(52(63)81)72-51(80)32-69-54(83)47(28-38-31-68-42-18-8-7-15-40(38)42)74-56(85)45(20-12-25-67-60(64)65)73-57(86)46(27-35-21-22-36-13-5-6-14-37(36)26-35)75-58(87)49-29-39(33-77(49)59(48)88)71-53(82)41(62)16-11-23-61/h5-8,13-15,18,21-22,26,31,39,41,43-49,68H,3-4,9-12,16-17,19-20,23-25,27-30,32-33,61-62H2,1-2H3,(H2,63,81)(H,66,79)(H,69,83)(H,70,78)(H,71,82)(H,72,80)(H,73,86)(H,74,85)(H,75,87)(H,76,84)(H4,64,65,67)/t39-,41-,43-,44-,45-,46+,47-,48-,49-/m0/s1. The summed E-state index contributed by atoms with van der Waals surface area (Å²) in [5, 5.41) is 26.7. The zero-order valence-electron chi connectivity index (χ0n) is 49.8. The smallest absolute Gasteiger partial charge is 0.246 e. The Morgan fingerprint density at radius 2 is 1.44 bits per heavy atom. The molecule has 2 saturated heterocycles. The molecule has 20 N–H and O–H groups in total. The van der Waals surface area contributed by atoms with Gasteiger partial charge in [-0.25, -0.2) is 0 Å². The molecule has 6 rings (SSSR count). The molecule has 28 nitrogen and oxygen atoms in total. The molecule has 0 bridgehead atoms. The maximum atomic E-state index is 15.3. The van der Waals surface area contributed by atoms with Crippen molar-refractivity contribution in [3.05, 3.63) is 84.1 Å². The van der Waals surface area contributed by atoms with Gasteiger partial charge in [0.1, 0.15) is 42.3 Å². The van der Waals surface area contributed by atoms with Crippen LogP contribution in [0.4, 0.5) is 0 Å². The van der Waals surface area contributed by atoms with Crippen LogP contribution < -0.4 is 76.5 Å². The van der Waals surface area contributed by atoms with E-state index in [-0.39, 0.29) is 96.3 Å². The van der Waals surface area contributed by atoms with Gasteiger partial charge in [0, 0.05) is 62.5 Å². The molecule has 2 aliphatic rings. The van der Waals surface area contributed by atoms with Gasteiger partial charge in [0.15, 0.2) is 5.96 Å². The molecular formula is C60H85N17O11. The quantitative estimate of drug-likeness (QED) is 0.0252. The first kappa shape index (κ1) is 67.9. The first-order valence-corrected chi connectivity index (χ1v) is 29.9. The second-order valence-electron chi connectivity index (χ2n) is 22.3. The number of hydrogen-bond donors (Lipinski definition) is 15. The third kappa shape index (κ3) is 20.5. The van der Waals surface area contributed by atoms with Crippen molar-refractivity contribution in [2.24, 2.45) is 33.7 Å². The normalized spacial score (nSPS) is 22.1. The van der Waals surface area contributed by atoms with E-state index in [0.29, 0.717) is 30.4 Å². The first-order valence-electron chi connectivity index (χ1n) is 29.9. The van der Waals surface area contributed by atoms with Gasteiger partial charge in [0.25, 0.3) is 0 Å². The van der Waals surface area contributed by atoms with E-state index in [9.17, 15) is 38.4 Å². The number of H-pyrrole nitrogens is 1. The van der Waals surface area contributed by atoms with E-state index in [1.54, 1.807) is 18.3 Å².